The first-order chi connectivity index (χ1) is 11.0. The number of nitrogens with zero attached hydrogens (tertiary/aromatic N) is 2. The topological polar surface area (TPSA) is 124 Å². The molecule has 1 aromatic rings. The van der Waals surface area contributed by atoms with Crippen molar-refractivity contribution in [1.29, 1.82) is 0 Å². The van der Waals surface area contributed by atoms with Gasteiger partial charge in [0.25, 0.3) is 0 Å². The monoisotopic (exact) mass is 329 g/mol. The highest BCUT2D eigenvalue weighted by molar-refractivity contribution is 5.68. The van der Waals surface area contributed by atoms with E-state index in [1.165, 1.54) is 0 Å². The minimum Gasteiger partial charge on any atom is -0.466 e. The van der Waals surface area contributed by atoms with E-state index in [0.717, 1.165) is 0 Å². The maximum atomic E-state index is 11.5. The Morgan fingerprint density at radius 3 is 2.65 bits per heavy atom. The molecule has 0 saturated carbocycles. The number of hydrogen-bond donors (Lipinski definition) is 2. The van der Waals surface area contributed by atoms with Gasteiger partial charge in [0, 0.05) is 24.7 Å². The number of aromatic nitrogens is 3. The van der Waals surface area contributed by atoms with Gasteiger partial charge in [-0.2, -0.15) is 15.4 Å². The van der Waals surface area contributed by atoms with E-state index in [4.69, 9.17) is 14.2 Å². The van der Waals surface area contributed by atoms with Crippen LogP contribution in [0.4, 0.5) is 4.79 Å². The largest absolute Gasteiger partial charge is 0.508 e. The van der Waals surface area contributed by atoms with E-state index in [-0.39, 0.29) is 32.4 Å². The molecule has 1 aromatic heterocycles. The van der Waals surface area contributed by atoms with Crippen LogP contribution >= 0.6 is 0 Å². The second-order valence-corrected chi connectivity index (χ2v) is 5.42. The molecule has 0 aliphatic rings. The summed E-state index contributed by atoms with van der Waals surface area (Å²) in [7, 11) is 0. The van der Waals surface area contributed by atoms with Gasteiger partial charge < -0.3 is 19.3 Å². The lowest BCUT2D eigenvalue weighted by Gasteiger charge is -2.25. The third-order valence-electron chi connectivity index (χ3n) is 3.05. The van der Waals surface area contributed by atoms with Gasteiger partial charge >= 0.3 is 12.1 Å². The van der Waals surface area contributed by atoms with Crippen molar-refractivity contribution in [3.63, 3.8) is 0 Å². The van der Waals surface area contributed by atoms with Crippen molar-refractivity contribution in [3.05, 3.63) is 11.9 Å². The van der Waals surface area contributed by atoms with Crippen LogP contribution in [0.25, 0.3) is 0 Å². The third-order valence-corrected chi connectivity index (χ3v) is 3.05. The Labute approximate surface area is 134 Å². The Hall–Kier alpha value is -2.16. The van der Waals surface area contributed by atoms with Gasteiger partial charge in [-0.3, -0.25) is 4.79 Å². The Kier molecular flexibility index (Phi) is 8.03. The van der Waals surface area contributed by atoms with Gasteiger partial charge in [-0.05, 0) is 0 Å². The van der Waals surface area contributed by atoms with Crippen LogP contribution in [0.3, 0.4) is 0 Å². The average molecular weight is 329 g/mol. The maximum absolute atomic E-state index is 11.5. The van der Waals surface area contributed by atoms with Crippen molar-refractivity contribution in [3.8, 4) is 0 Å². The number of esters is 1. The first-order valence-electron chi connectivity index (χ1n) is 7.40. The van der Waals surface area contributed by atoms with Crippen LogP contribution in [0.5, 0.6) is 0 Å². The van der Waals surface area contributed by atoms with E-state index in [1.807, 2.05) is 0 Å². The molecule has 0 spiro atoms. The summed E-state index contributed by atoms with van der Waals surface area (Å²) in [5, 5.41) is 19.6. The summed E-state index contributed by atoms with van der Waals surface area (Å²) in [4.78, 5) is 22.4. The quantitative estimate of drug-likeness (QED) is 0.478. The second kappa shape index (κ2) is 9.78. The van der Waals surface area contributed by atoms with E-state index in [2.05, 4.69) is 15.4 Å². The van der Waals surface area contributed by atoms with Gasteiger partial charge in [-0.25, -0.2) is 4.79 Å². The number of rotatable bonds is 10. The van der Waals surface area contributed by atoms with E-state index < -0.39 is 11.6 Å². The number of nitrogens with one attached hydrogen (secondary N) is 1. The molecule has 23 heavy (non-hydrogen) atoms. The number of aliphatic hydroxyl groups excluding tert-OH is 1. The molecule has 0 radical (unpaired) electrons. The number of hydrogen-bond acceptors (Lipinski definition) is 8. The first kappa shape index (κ1) is 18.9. The van der Waals surface area contributed by atoms with E-state index in [0.29, 0.717) is 25.0 Å². The van der Waals surface area contributed by atoms with Gasteiger partial charge in [-0.15, -0.1) is 0 Å². The summed E-state index contributed by atoms with van der Waals surface area (Å²) in [6.45, 7) is 3.56. The summed E-state index contributed by atoms with van der Waals surface area (Å²) in [6.07, 6.45) is 1.83. The number of carbonyl (C=O) groups excluding carboxylic acids is 2. The Balaban J connectivity index is 2.21. The van der Waals surface area contributed by atoms with E-state index >= 15 is 0 Å². The molecule has 0 fully saturated rings. The summed E-state index contributed by atoms with van der Waals surface area (Å²) >= 11 is 0. The Morgan fingerprint density at radius 2 is 2.04 bits per heavy atom. The fourth-order valence-electron chi connectivity index (χ4n) is 1.68. The summed E-state index contributed by atoms with van der Waals surface area (Å²) < 4.78 is 14.7. The molecule has 1 heterocycles. The third kappa shape index (κ3) is 7.59. The van der Waals surface area contributed by atoms with Crippen molar-refractivity contribution in [2.45, 2.75) is 33.1 Å². The molecule has 0 bridgehead atoms. The lowest BCUT2D eigenvalue weighted by atomic mass is 9.87. The minimum absolute atomic E-state index is 0.0139. The summed E-state index contributed by atoms with van der Waals surface area (Å²) in [5.41, 5.74) is -0.0109. The minimum atomic E-state index is -0.827. The van der Waals surface area contributed by atoms with Crippen molar-refractivity contribution in [1.82, 2.24) is 15.4 Å². The first-order valence-corrected chi connectivity index (χ1v) is 7.40. The van der Waals surface area contributed by atoms with Crippen LogP contribution in [0.15, 0.2) is 6.20 Å². The van der Waals surface area contributed by atoms with Crippen LogP contribution < -0.4 is 0 Å². The highest BCUT2D eigenvalue weighted by Gasteiger charge is 2.27. The molecular weight excluding hydrogens is 306 g/mol. The predicted molar refractivity (Wildman–Crippen MR) is 78.4 cm³/mol. The smallest absolute Gasteiger partial charge is 0.466 e. The number of aliphatic hydroxyl groups is 1. The normalized spacial score (nSPS) is 13.2. The standard InChI is InChI=1S/C14H23N3O6/c1-3-12(19)21-5-4-6-22-13(20)23-10-14(2,9-18)7-11-8-15-17-16-11/h8,18H,3-7,9-10H2,1-2H3,(H,15,16,17). The SMILES string of the molecule is CCC(=O)OCCCOC(=O)OCC(C)(CO)Cc1cn[nH]n1. The van der Waals surface area contributed by atoms with Crippen molar-refractivity contribution < 1.29 is 28.9 Å². The molecule has 9 nitrogen and oxygen atoms in total. The molecule has 0 aliphatic heterocycles. The van der Waals surface area contributed by atoms with E-state index in [9.17, 15) is 14.7 Å². The highest BCUT2D eigenvalue weighted by Crippen LogP contribution is 2.21. The van der Waals surface area contributed by atoms with Gasteiger partial charge in [-0.1, -0.05) is 13.8 Å². The summed E-state index contributed by atoms with van der Waals surface area (Å²) in [6, 6.07) is 0. The molecule has 0 saturated heterocycles. The molecule has 0 aliphatic carbocycles. The number of H-pyrrole nitrogens is 1. The van der Waals surface area contributed by atoms with Crippen LogP contribution in [-0.4, -0.2) is 59.1 Å². The number of aromatic amines is 1. The molecule has 0 aromatic carbocycles. The average Bonchev–Trinajstić information content (AvgIpc) is 3.05. The summed E-state index contributed by atoms with van der Waals surface area (Å²) in [5.74, 6) is -0.292. The lowest BCUT2D eigenvalue weighted by molar-refractivity contribution is -0.143. The van der Waals surface area contributed by atoms with Crippen molar-refractivity contribution in [2.24, 2.45) is 5.41 Å². The molecule has 1 unspecified atom stereocenters. The fraction of sp³-hybridized carbons (Fsp3) is 0.714. The van der Waals surface area contributed by atoms with E-state index in [1.54, 1.807) is 20.0 Å². The Bertz CT molecular complexity index is 479. The van der Waals surface area contributed by atoms with Gasteiger partial charge in [0.1, 0.15) is 6.61 Å². The molecule has 130 valence electrons. The van der Waals surface area contributed by atoms with Crippen LogP contribution in [-0.2, 0) is 25.4 Å². The number of carbonyl (C=O) groups is 2. The molecule has 1 rings (SSSR count). The van der Waals surface area contributed by atoms with Crippen molar-refractivity contribution in [2.75, 3.05) is 26.4 Å². The highest BCUT2D eigenvalue weighted by atomic mass is 16.7. The maximum Gasteiger partial charge on any atom is 0.508 e. The molecule has 0 amide bonds. The molecule has 1 atom stereocenters. The number of ether oxygens (including phenoxy) is 3. The predicted octanol–water partition coefficient (Wildman–Crippen LogP) is 0.842. The second-order valence-electron chi connectivity index (χ2n) is 5.42. The fourth-order valence-corrected chi connectivity index (χ4v) is 1.68. The van der Waals surface area contributed by atoms with Crippen LogP contribution in [0.1, 0.15) is 32.4 Å². The molecular formula is C14H23N3O6. The van der Waals surface area contributed by atoms with Crippen molar-refractivity contribution >= 4 is 12.1 Å². The van der Waals surface area contributed by atoms with Gasteiger partial charge in [0.15, 0.2) is 0 Å². The Morgan fingerprint density at radius 1 is 1.30 bits per heavy atom. The van der Waals surface area contributed by atoms with Gasteiger partial charge in [0.2, 0.25) is 0 Å². The van der Waals surface area contributed by atoms with Gasteiger partial charge in [0.05, 0.1) is 31.7 Å². The zero-order valence-corrected chi connectivity index (χ0v) is 13.4. The van der Waals surface area contributed by atoms with Crippen LogP contribution in [0.2, 0.25) is 0 Å². The van der Waals surface area contributed by atoms with Crippen LogP contribution in [0, 0.1) is 5.41 Å². The zero-order valence-electron chi connectivity index (χ0n) is 13.4. The lowest BCUT2D eigenvalue weighted by Crippen LogP contribution is -2.32. The zero-order chi connectivity index (χ0) is 17.1. The molecule has 9 heteroatoms. The molecule has 2 N–H and O–H groups in total.